The molecule has 0 aliphatic carbocycles. The molecule has 0 amide bonds. The monoisotopic (exact) mass is 293 g/mol. The maximum atomic E-state index is 13.5. The molecule has 0 bridgehead atoms. The van der Waals surface area contributed by atoms with Crippen LogP contribution in [0.4, 0.5) is 4.39 Å². The van der Waals surface area contributed by atoms with E-state index in [-0.39, 0.29) is 12.4 Å². The molecule has 0 spiro atoms. The standard InChI is InChI=1S/C15H13ClFNO2/c16-12-7-3-2-6-11(12)14(15(19)20)18-9-10-5-1-4-8-13(10)17/h1-8,14,18H,9H2,(H,19,20). The molecule has 104 valence electrons. The molecule has 2 aromatic rings. The topological polar surface area (TPSA) is 49.3 Å². The fraction of sp³-hybridized carbons (Fsp3) is 0.133. The van der Waals surface area contributed by atoms with Gasteiger partial charge in [-0.15, -0.1) is 0 Å². The van der Waals surface area contributed by atoms with Gasteiger partial charge in [0, 0.05) is 17.1 Å². The van der Waals surface area contributed by atoms with Crippen molar-refractivity contribution in [2.45, 2.75) is 12.6 Å². The van der Waals surface area contributed by atoms with Crippen molar-refractivity contribution in [1.29, 1.82) is 0 Å². The molecule has 2 aromatic carbocycles. The largest absolute Gasteiger partial charge is 0.480 e. The average Bonchev–Trinajstić information content (AvgIpc) is 2.42. The molecule has 2 N–H and O–H groups in total. The first kappa shape index (κ1) is 14.5. The van der Waals surface area contributed by atoms with E-state index in [0.717, 1.165) is 0 Å². The molecule has 0 aliphatic rings. The summed E-state index contributed by atoms with van der Waals surface area (Å²) >= 11 is 6.00. The first-order valence-electron chi connectivity index (χ1n) is 6.03. The highest BCUT2D eigenvalue weighted by atomic mass is 35.5. The second kappa shape index (κ2) is 6.50. The smallest absolute Gasteiger partial charge is 0.325 e. The zero-order valence-electron chi connectivity index (χ0n) is 10.5. The Morgan fingerprint density at radius 2 is 1.85 bits per heavy atom. The third-order valence-corrected chi connectivity index (χ3v) is 3.26. The molecule has 1 unspecified atom stereocenters. The van der Waals surface area contributed by atoms with Crippen LogP contribution in [0, 0.1) is 5.82 Å². The Labute approximate surface area is 121 Å². The van der Waals surface area contributed by atoms with Crippen molar-refractivity contribution in [3.8, 4) is 0 Å². The number of aliphatic carboxylic acids is 1. The number of carboxylic acid groups (broad SMARTS) is 1. The third kappa shape index (κ3) is 3.35. The van der Waals surface area contributed by atoms with Crippen LogP contribution < -0.4 is 5.32 Å². The Bertz CT molecular complexity index is 618. The minimum Gasteiger partial charge on any atom is -0.480 e. The minimum atomic E-state index is -1.06. The van der Waals surface area contributed by atoms with E-state index in [0.29, 0.717) is 16.1 Å². The SMILES string of the molecule is O=C(O)C(NCc1ccccc1F)c1ccccc1Cl. The summed E-state index contributed by atoms with van der Waals surface area (Å²) in [6.07, 6.45) is 0. The lowest BCUT2D eigenvalue weighted by Crippen LogP contribution is -2.28. The number of halogens is 2. The van der Waals surface area contributed by atoms with Crippen LogP contribution in [0.3, 0.4) is 0 Å². The number of hydrogen-bond acceptors (Lipinski definition) is 2. The number of carboxylic acids is 1. The summed E-state index contributed by atoms with van der Waals surface area (Å²) in [6, 6.07) is 11.9. The van der Waals surface area contributed by atoms with Crippen molar-refractivity contribution in [2.24, 2.45) is 0 Å². The van der Waals surface area contributed by atoms with E-state index in [1.807, 2.05) is 0 Å². The number of rotatable bonds is 5. The van der Waals surface area contributed by atoms with Crippen molar-refractivity contribution in [3.05, 3.63) is 70.5 Å². The summed E-state index contributed by atoms with van der Waals surface area (Å²) < 4.78 is 13.5. The molecular formula is C15H13ClFNO2. The molecule has 5 heteroatoms. The van der Waals surface area contributed by atoms with Crippen molar-refractivity contribution in [2.75, 3.05) is 0 Å². The Morgan fingerprint density at radius 1 is 1.20 bits per heavy atom. The summed E-state index contributed by atoms with van der Waals surface area (Å²) in [5.41, 5.74) is 0.865. The fourth-order valence-electron chi connectivity index (χ4n) is 1.89. The van der Waals surface area contributed by atoms with E-state index < -0.39 is 12.0 Å². The Morgan fingerprint density at radius 3 is 2.50 bits per heavy atom. The van der Waals surface area contributed by atoms with E-state index in [1.165, 1.54) is 6.07 Å². The molecule has 0 aromatic heterocycles. The highest BCUT2D eigenvalue weighted by Gasteiger charge is 2.21. The predicted octanol–water partition coefficient (Wildman–Crippen LogP) is 3.39. The lowest BCUT2D eigenvalue weighted by molar-refractivity contribution is -0.139. The molecule has 20 heavy (non-hydrogen) atoms. The summed E-state index contributed by atoms with van der Waals surface area (Å²) in [5.74, 6) is -1.43. The normalized spacial score (nSPS) is 12.1. The van der Waals surface area contributed by atoms with E-state index in [4.69, 9.17) is 11.6 Å². The maximum Gasteiger partial charge on any atom is 0.325 e. The molecule has 2 rings (SSSR count). The predicted molar refractivity (Wildman–Crippen MR) is 75.1 cm³/mol. The van der Waals surface area contributed by atoms with E-state index in [1.54, 1.807) is 42.5 Å². The third-order valence-electron chi connectivity index (χ3n) is 2.92. The van der Waals surface area contributed by atoms with Crippen molar-refractivity contribution < 1.29 is 14.3 Å². The van der Waals surface area contributed by atoms with Crippen LogP contribution >= 0.6 is 11.6 Å². The second-order valence-corrected chi connectivity index (χ2v) is 4.67. The van der Waals surface area contributed by atoms with Gasteiger partial charge in [-0.1, -0.05) is 48.0 Å². The zero-order chi connectivity index (χ0) is 14.5. The second-order valence-electron chi connectivity index (χ2n) is 4.27. The average molecular weight is 294 g/mol. The molecular weight excluding hydrogens is 281 g/mol. The Hall–Kier alpha value is -1.91. The summed E-state index contributed by atoms with van der Waals surface area (Å²) in [7, 11) is 0. The molecule has 0 saturated heterocycles. The van der Waals surface area contributed by atoms with Crippen molar-refractivity contribution >= 4 is 17.6 Å². The van der Waals surface area contributed by atoms with Crippen LogP contribution in [-0.4, -0.2) is 11.1 Å². The molecule has 3 nitrogen and oxygen atoms in total. The highest BCUT2D eigenvalue weighted by molar-refractivity contribution is 6.31. The van der Waals surface area contributed by atoms with Gasteiger partial charge in [0.25, 0.3) is 0 Å². The zero-order valence-corrected chi connectivity index (χ0v) is 11.3. The van der Waals surface area contributed by atoms with Gasteiger partial charge in [-0.05, 0) is 17.7 Å². The van der Waals surface area contributed by atoms with Gasteiger partial charge in [-0.3, -0.25) is 10.1 Å². The van der Waals surface area contributed by atoms with Gasteiger partial charge in [-0.25, -0.2) is 4.39 Å². The first-order valence-corrected chi connectivity index (χ1v) is 6.41. The molecule has 0 saturated carbocycles. The van der Waals surface area contributed by atoms with Crippen LogP contribution in [0.25, 0.3) is 0 Å². The van der Waals surface area contributed by atoms with Gasteiger partial charge in [0.05, 0.1) is 0 Å². The lowest BCUT2D eigenvalue weighted by Gasteiger charge is -2.16. The van der Waals surface area contributed by atoms with E-state index >= 15 is 0 Å². The molecule has 0 radical (unpaired) electrons. The van der Waals surface area contributed by atoms with Crippen LogP contribution in [-0.2, 0) is 11.3 Å². The van der Waals surface area contributed by atoms with E-state index in [9.17, 15) is 14.3 Å². The fourth-order valence-corrected chi connectivity index (χ4v) is 2.14. The maximum absolute atomic E-state index is 13.5. The number of benzene rings is 2. The van der Waals surface area contributed by atoms with Gasteiger partial charge in [0.1, 0.15) is 11.9 Å². The van der Waals surface area contributed by atoms with Crippen LogP contribution in [0.15, 0.2) is 48.5 Å². The van der Waals surface area contributed by atoms with Gasteiger partial charge < -0.3 is 5.11 Å². The highest BCUT2D eigenvalue weighted by Crippen LogP contribution is 2.23. The molecule has 0 heterocycles. The van der Waals surface area contributed by atoms with Crippen molar-refractivity contribution in [3.63, 3.8) is 0 Å². The van der Waals surface area contributed by atoms with Gasteiger partial charge in [0.2, 0.25) is 0 Å². The minimum absolute atomic E-state index is 0.106. The number of hydrogen-bond donors (Lipinski definition) is 2. The van der Waals surface area contributed by atoms with Crippen LogP contribution in [0.1, 0.15) is 17.2 Å². The van der Waals surface area contributed by atoms with Crippen molar-refractivity contribution in [1.82, 2.24) is 5.32 Å². The van der Waals surface area contributed by atoms with E-state index in [2.05, 4.69) is 5.32 Å². The molecule has 0 fully saturated rings. The quantitative estimate of drug-likeness (QED) is 0.888. The summed E-state index contributed by atoms with van der Waals surface area (Å²) in [4.78, 5) is 11.3. The van der Waals surface area contributed by atoms with Gasteiger partial charge >= 0.3 is 5.97 Å². The van der Waals surface area contributed by atoms with Gasteiger partial charge in [0.15, 0.2) is 0 Å². The number of carbonyl (C=O) groups is 1. The summed E-state index contributed by atoms with van der Waals surface area (Å²) in [6.45, 7) is 0.106. The molecule has 1 atom stereocenters. The van der Waals surface area contributed by atoms with Crippen LogP contribution in [0.2, 0.25) is 5.02 Å². The molecule has 0 aliphatic heterocycles. The Balaban J connectivity index is 2.18. The number of nitrogens with one attached hydrogen (secondary N) is 1. The Kier molecular flexibility index (Phi) is 4.71. The van der Waals surface area contributed by atoms with Crippen LogP contribution in [0.5, 0.6) is 0 Å². The summed E-state index contributed by atoms with van der Waals surface area (Å²) in [5, 5.41) is 12.5. The lowest BCUT2D eigenvalue weighted by atomic mass is 10.1. The van der Waals surface area contributed by atoms with Gasteiger partial charge in [-0.2, -0.15) is 0 Å². The first-order chi connectivity index (χ1) is 9.59.